The summed E-state index contributed by atoms with van der Waals surface area (Å²) in [6.07, 6.45) is 8.36. The second-order valence-corrected chi connectivity index (χ2v) is 18.3. The van der Waals surface area contributed by atoms with E-state index in [1.807, 2.05) is 88.9 Å². The lowest BCUT2D eigenvalue weighted by atomic mass is 9.95. The third kappa shape index (κ3) is 8.89. The molecule has 6 aromatic rings. The van der Waals surface area contributed by atoms with Crippen molar-refractivity contribution in [3.05, 3.63) is 95.7 Å². The number of tetrazole rings is 1. The Morgan fingerprint density at radius 1 is 0.859 bits per heavy atom. The quantitative estimate of drug-likeness (QED) is 0.170. The van der Waals surface area contributed by atoms with E-state index in [1.165, 1.54) is 10.5 Å². The molecule has 0 aliphatic carbocycles. The number of hydrogen-bond acceptors (Lipinski definition) is 12. The minimum Gasteiger partial charge on any atom is -0.372 e. The number of piperazine rings is 1. The fourth-order valence-corrected chi connectivity index (χ4v) is 9.01. The third-order valence-electron chi connectivity index (χ3n) is 12.7. The average molecular weight is 865 g/mol. The van der Waals surface area contributed by atoms with Crippen molar-refractivity contribution in [3.63, 3.8) is 0 Å². The lowest BCUT2D eigenvalue weighted by Crippen LogP contribution is -2.49. The number of amides is 4. The number of nitrogens with one attached hydrogen (secondary N) is 2. The molecular weight excluding hydrogens is 809 g/mol. The number of imide groups is 1. The molecule has 2 aromatic carbocycles. The Labute approximate surface area is 372 Å². The van der Waals surface area contributed by atoms with Crippen LogP contribution in [0.4, 0.5) is 22.0 Å². The van der Waals surface area contributed by atoms with Gasteiger partial charge in [-0.3, -0.25) is 24.7 Å². The van der Waals surface area contributed by atoms with E-state index in [0.29, 0.717) is 18.9 Å². The Bertz CT molecular complexity index is 2670. The molecule has 0 spiro atoms. The molecule has 0 radical (unpaired) electrons. The molecule has 3 fully saturated rings. The zero-order chi connectivity index (χ0) is 44.7. The van der Waals surface area contributed by atoms with Gasteiger partial charge in [-0.1, -0.05) is 12.1 Å². The van der Waals surface area contributed by atoms with Gasteiger partial charge in [0.15, 0.2) is 0 Å². The molecule has 0 unspecified atom stereocenters. The maximum atomic E-state index is 13.0. The van der Waals surface area contributed by atoms with Crippen molar-refractivity contribution in [2.24, 2.45) is 5.92 Å². The molecule has 64 heavy (non-hydrogen) atoms. The van der Waals surface area contributed by atoms with Gasteiger partial charge in [0.05, 0.1) is 40.9 Å². The van der Waals surface area contributed by atoms with E-state index >= 15 is 0 Å². The SMILES string of the molecule is Cc1cc(-c2nc(-c3ccc(N4CCN(CC5CCN(c6ccc(N7CCC(=O)NC7=O)cc6)CC5)CC4)nc3)cn3ncc(C)c23)ccc1[C@@H](C)NC(=O)c1nnn(C(C)(C)C)n1. The molecule has 3 aliphatic heterocycles. The second kappa shape index (κ2) is 17.4. The molecule has 4 amide bonds. The number of aryl methyl sites for hydroxylation is 2. The molecule has 0 bridgehead atoms. The van der Waals surface area contributed by atoms with Gasteiger partial charge in [-0.25, -0.2) is 19.3 Å². The van der Waals surface area contributed by atoms with E-state index < -0.39 is 0 Å². The van der Waals surface area contributed by atoms with Gasteiger partial charge in [-0.05, 0) is 125 Å². The van der Waals surface area contributed by atoms with Crippen LogP contribution in [-0.4, -0.2) is 115 Å². The van der Waals surface area contributed by atoms with Crippen molar-refractivity contribution >= 4 is 40.6 Å². The first kappa shape index (κ1) is 42.5. The zero-order valence-corrected chi connectivity index (χ0v) is 37.5. The number of urea groups is 1. The highest BCUT2D eigenvalue weighted by Crippen LogP contribution is 2.32. The topological polar surface area (TPSA) is 175 Å². The Balaban J connectivity index is 0.797. The molecule has 4 aromatic heterocycles. The molecule has 332 valence electrons. The summed E-state index contributed by atoms with van der Waals surface area (Å²) in [4.78, 5) is 57.5. The molecule has 0 saturated carbocycles. The van der Waals surface area contributed by atoms with Crippen molar-refractivity contribution in [1.82, 2.24) is 55.3 Å². The molecule has 3 aliphatic rings. The van der Waals surface area contributed by atoms with Crippen molar-refractivity contribution < 1.29 is 14.4 Å². The van der Waals surface area contributed by atoms with Gasteiger partial charge in [0.1, 0.15) is 5.82 Å². The number of carbonyl (C=O) groups is 3. The van der Waals surface area contributed by atoms with Gasteiger partial charge in [0.2, 0.25) is 5.91 Å². The average Bonchev–Trinajstić information content (AvgIpc) is 3.95. The van der Waals surface area contributed by atoms with Crippen molar-refractivity contribution in [1.29, 1.82) is 0 Å². The second-order valence-electron chi connectivity index (χ2n) is 18.3. The minimum atomic E-state index is -0.381. The number of benzene rings is 2. The van der Waals surface area contributed by atoms with Gasteiger partial charge in [0.25, 0.3) is 11.7 Å². The predicted molar refractivity (Wildman–Crippen MR) is 245 cm³/mol. The van der Waals surface area contributed by atoms with Crippen LogP contribution >= 0.6 is 0 Å². The molecule has 2 N–H and O–H groups in total. The lowest BCUT2D eigenvalue weighted by molar-refractivity contribution is -0.120. The summed E-state index contributed by atoms with van der Waals surface area (Å²) >= 11 is 0. The number of pyridine rings is 1. The zero-order valence-electron chi connectivity index (χ0n) is 37.5. The van der Waals surface area contributed by atoms with Gasteiger partial charge >= 0.3 is 6.03 Å². The van der Waals surface area contributed by atoms with Gasteiger partial charge < -0.3 is 15.1 Å². The van der Waals surface area contributed by atoms with Crippen LogP contribution in [0.2, 0.25) is 0 Å². The normalized spacial score (nSPS) is 17.2. The van der Waals surface area contributed by atoms with E-state index in [0.717, 1.165) is 115 Å². The molecule has 3 saturated heterocycles. The minimum absolute atomic E-state index is 0.0374. The molecule has 17 heteroatoms. The first-order valence-electron chi connectivity index (χ1n) is 22.2. The highest BCUT2D eigenvalue weighted by molar-refractivity contribution is 6.05. The van der Waals surface area contributed by atoms with Crippen LogP contribution in [0, 0.1) is 19.8 Å². The fourth-order valence-electron chi connectivity index (χ4n) is 9.01. The number of carbonyl (C=O) groups excluding carboxylic acids is 3. The summed E-state index contributed by atoms with van der Waals surface area (Å²) in [5, 5.41) is 22.4. The van der Waals surface area contributed by atoms with Crippen molar-refractivity contribution in [3.8, 4) is 22.5 Å². The summed E-state index contributed by atoms with van der Waals surface area (Å²) in [5.74, 6) is 1.07. The highest BCUT2D eigenvalue weighted by atomic mass is 16.2. The van der Waals surface area contributed by atoms with Crippen LogP contribution in [-0.2, 0) is 10.3 Å². The molecule has 9 rings (SSSR count). The van der Waals surface area contributed by atoms with Crippen molar-refractivity contribution in [2.75, 3.05) is 67.1 Å². The van der Waals surface area contributed by atoms with E-state index in [-0.39, 0.29) is 35.3 Å². The van der Waals surface area contributed by atoms with Crippen molar-refractivity contribution in [2.45, 2.75) is 72.4 Å². The first-order valence-corrected chi connectivity index (χ1v) is 22.2. The van der Waals surface area contributed by atoms with Crippen LogP contribution < -0.4 is 25.3 Å². The lowest BCUT2D eigenvalue weighted by Gasteiger charge is -2.39. The standard InChI is InChI=1S/C47H56N14O3/c1-30-25-34(7-13-38(30)32(3)50-45(63)44-53-55-61(54-44)47(4,5)6)42-43-31(2)26-49-60(43)29-39(51-42)35-8-14-40(48-27-35)58-23-21-56(22-24-58)28-33-15-18-57(19-16-33)36-9-11-37(12-10-36)59-20-17-41(62)52-46(59)64/h7-14,25-27,29,32-33H,15-24,28H2,1-6H3,(H,50,63)(H,52,62,64)/t32-/m1/s1. The van der Waals surface area contributed by atoms with Crippen LogP contribution in [0.5, 0.6) is 0 Å². The number of rotatable bonds is 10. The Hall–Kier alpha value is -6.75. The Morgan fingerprint density at radius 2 is 1.59 bits per heavy atom. The van der Waals surface area contributed by atoms with E-state index in [2.05, 4.69) is 76.2 Å². The van der Waals surface area contributed by atoms with Gasteiger partial charge in [-0.2, -0.15) is 9.90 Å². The summed E-state index contributed by atoms with van der Waals surface area (Å²) in [6.45, 7) is 19.3. The molecule has 7 heterocycles. The predicted octanol–water partition coefficient (Wildman–Crippen LogP) is 5.79. The van der Waals surface area contributed by atoms with Crippen LogP contribution in [0.25, 0.3) is 28.0 Å². The smallest absolute Gasteiger partial charge is 0.328 e. The maximum absolute atomic E-state index is 13.0. The van der Waals surface area contributed by atoms with Gasteiger partial charge in [-0.15, -0.1) is 10.2 Å². The van der Waals surface area contributed by atoms with Gasteiger partial charge in [0, 0.05) is 87.5 Å². The number of aromatic nitrogens is 8. The Kier molecular flexibility index (Phi) is 11.6. The highest BCUT2D eigenvalue weighted by Gasteiger charge is 2.28. The molecular formula is C47H56N14O3. The van der Waals surface area contributed by atoms with Crippen LogP contribution in [0.1, 0.15) is 80.3 Å². The number of piperidine rings is 1. The van der Waals surface area contributed by atoms with E-state index in [1.54, 1.807) is 4.90 Å². The van der Waals surface area contributed by atoms with E-state index in [9.17, 15) is 14.4 Å². The number of anilines is 3. The number of fused-ring (bicyclic) bond motifs is 1. The third-order valence-corrected chi connectivity index (χ3v) is 12.7. The number of hydrogen-bond donors (Lipinski definition) is 2. The number of nitrogens with zero attached hydrogens (tertiary/aromatic N) is 12. The molecule has 1 atom stereocenters. The van der Waals surface area contributed by atoms with E-state index in [4.69, 9.17) is 9.97 Å². The monoisotopic (exact) mass is 864 g/mol. The largest absolute Gasteiger partial charge is 0.372 e. The fraction of sp³-hybridized carbons (Fsp3) is 0.426. The van der Waals surface area contributed by atoms with Crippen LogP contribution in [0.3, 0.4) is 0 Å². The Morgan fingerprint density at radius 3 is 2.27 bits per heavy atom. The summed E-state index contributed by atoms with van der Waals surface area (Å²) in [7, 11) is 0. The van der Waals surface area contributed by atoms with Crippen LogP contribution in [0.15, 0.2) is 73.2 Å². The maximum Gasteiger partial charge on any atom is 0.328 e. The molecule has 17 nitrogen and oxygen atoms in total. The summed E-state index contributed by atoms with van der Waals surface area (Å²) in [6, 6.07) is 17.9. The summed E-state index contributed by atoms with van der Waals surface area (Å²) in [5.41, 5.74) is 9.03. The summed E-state index contributed by atoms with van der Waals surface area (Å²) < 4.78 is 1.90. The first-order chi connectivity index (χ1) is 30.8.